The molecule has 1 rings (SSSR count). The number of carbonyl (C=O) groups excluding carboxylic acids is 2. The summed E-state index contributed by atoms with van der Waals surface area (Å²) in [5, 5.41) is 0. The Labute approximate surface area is 236 Å². The van der Waals surface area contributed by atoms with E-state index in [-0.39, 0.29) is 23.8 Å². The molecule has 0 aromatic rings. The zero-order chi connectivity index (χ0) is 28.2. The van der Waals surface area contributed by atoms with Crippen LogP contribution >= 0.6 is 0 Å². The van der Waals surface area contributed by atoms with Gasteiger partial charge in [-0.3, -0.25) is 9.59 Å². The lowest BCUT2D eigenvalue weighted by molar-refractivity contribution is -0.157. The van der Waals surface area contributed by atoms with Gasteiger partial charge in [0, 0.05) is 0 Å². The summed E-state index contributed by atoms with van der Waals surface area (Å²) in [4.78, 5) is 25.3. The maximum Gasteiger partial charge on any atom is 0.308 e. The first-order chi connectivity index (χ1) is 18.3. The monoisotopic (exact) mass is 536 g/mol. The van der Waals surface area contributed by atoms with Crippen molar-refractivity contribution in [2.24, 2.45) is 35.5 Å². The molecule has 0 aromatic heterocycles. The van der Waals surface area contributed by atoms with Gasteiger partial charge in [0.15, 0.2) is 0 Å². The van der Waals surface area contributed by atoms with Crippen LogP contribution in [0.4, 0.5) is 0 Å². The topological polar surface area (TPSA) is 52.6 Å². The van der Waals surface area contributed by atoms with E-state index < -0.39 is 0 Å². The Hall–Kier alpha value is -1.06. The first-order valence-corrected chi connectivity index (χ1v) is 16.6. The second kappa shape index (κ2) is 21.7. The van der Waals surface area contributed by atoms with E-state index >= 15 is 0 Å². The van der Waals surface area contributed by atoms with Gasteiger partial charge >= 0.3 is 11.9 Å². The molecule has 224 valence electrons. The molecule has 4 unspecified atom stereocenters. The molecular weight excluding hydrogens is 472 g/mol. The fourth-order valence-corrected chi connectivity index (χ4v) is 5.62. The van der Waals surface area contributed by atoms with Crippen molar-refractivity contribution < 1.29 is 19.1 Å². The predicted octanol–water partition coefficient (Wildman–Crippen LogP) is 9.92. The number of hydrogen-bond acceptors (Lipinski definition) is 4. The van der Waals surface area contributed by atoms with Crippen LogP contribution in [0.3, 0.4) is 0 Å². The van der Waals surface area contributed by atoms with E-state index in [0.29, 0.717) is 36.9 Å². The summed E-state index contributed by atoms with van der Waals surface area (Å²) in [5.74, 6) is 1.71. The quantitative estimate of drug-likeness (QED) is 0.102. The molecule has 4 heteroatoms. The highest BCUT2D eigenvalue weighted by molar-refractivity contribution is 5.75. The van der Waals surface area contributed by atoms with Gasteiger partial charge in [0.2, 0.25) is 0 Å². The van der Waals surface area contributed by atoms with Crippen molar-refractivity contribution >= 4 is 11.9 Å². The lowest BCUT2D eigenvalue weighted by Gasteiger charge is -2.28. The number of unbranched alkanes of at least 4 members (excludes halogenated alkanes) is 10. The average Bonchev–Trinajstić information content (AvgIpc) is 2.93. The van der Waals surface area contributed by atoms with Crippen molar-refractivity contribution in [2.45, 2.75) is 157 Å². The summed E-state index contributed by atoms with van der Waals surface area (Å²) < 4.78 is 11.5. The first-order valence-electron chi connectivity index (χ1n) is 16.6. The van der Waals surface area contributed by atoms with Crippen LogP contribution in [0.15, 0.2) is 0 Å². The maximum absolute atomic E-state index is 12.7. The van der Waals surface area contributed by atoms with E-state index in [2.05, 4.69) is 41.5 Å². The van der Waals surface area contributed by atoms with Crippen molar-refractivity contribution in [3.63, 3.8) is 0 Å². The molecule has 0 aromatic carbocycles. The molecule has 0 bridgehead atoms. The van der Waals surface area contributed by atoms with Gasteiger partial charge in [-0.2, -0.15) is 0 Å². The second-order valence-electron chi connectivity index (χ2n) is 12.8. The summed E-state index contributed by atoms with van der Waals surface area (Å²) in [7, 11) is 0. The molecule has 1 saturated carbocycles. The Morgan fingerprint density at radius 3 is 1.18 bits per heavy atom. The van der Waals surface area contributed by atoms with Gasteiger partial charge in [0.05, 0.1) is 25.0 Å². The smallest absolute Gasteiger partial charge is 0.308 e. The molecule has 0 spiro atoms. The van der Waals surface area contributed by atoms with Gasteiger partial charge < -0.3 is 9.47 Å². The minimum Gasteiger partial charge on any atom is -0.465 e. The van der Waals surface area contributed by atoms with Gasteiger partial charge in [-0.15, -0.1) is 0 Å². The summed E-state index contributed by atoms with van der Waals surface area (Å²) in [6, 6.07) is 0. The molecule has 1 aliphatic rings. The molecule has 0 N–H and O–H groups in total. The molecule has 4 atom stereocenters. The van der Waals surface area contributed by atoms with E-state index in [4.69, 9.17) is 9.47 Å². The molecule has 1 aliphatic carbocycles. The van der Waals surface area contributed by atoms with Crippen molar-refractivity contribution in [2.75, 3.05) is 13.2 Å². The Balaban J connectivity index is 2.18. The van der Waals surface area contributed by atoms with E-state index in [1.54, 1.807) is 0 Å². The largest absolute Gasteiger partial charge is 0.465 e. The highest BCUT2D eigenvalue weighted by Crippen LogP contribution is 2.31. The summed E-state index contributed by atoms with van der Waals surface area (Å²) in [6.07, 6.45) is 21.3. The second-order valence-corrected chi connectivity index (χ2v) is 12.8. The Bertz CT molecular complexity index is 543. The van der Waals surface area contributed by atoms with Crippen LogP contribution in [0.2, 0.25) is 0 Å². The third-order valence-corrected chi connectivity index (χ3v) is 9.34. The molecule has 0 saturated heterocycles. The van der Waals surface area contributed by atoms with Crippen molar-refractivity contribution in [3.8, 4) is 0 Å². The fraction of sp³-hybridized carbons (Fsp3) is 0.941. The third kappa shape index (κ3) is 15.5. The highest BCUT2D eigenvalue weighted by Gasteiger charge is 2.32. The standard InChI is InChI=1S/C34H64O4/c1-7-9-11-13-15-17-19-27(3)29(5)25-37-33(35)31-21-23-32(24-22-31)34(36)38-26-30(6)28(4)20-18-16-14-12-10-8-2/h27-32H,7-26H2,1-6H3. The van der Waals surface area contributed by atoms with Crippen LogP contribution in [0, 0.1) is 35.5 Å². The van der Waals surface area contributed by atoms with Crippen LogP contribution in [-0.2, 0) is 19.1 Å². The number of hydrogen-bond donors (Lipinski definition) is 0. The van der Waals surface area contributed by atoms with Crippen molar-refractivity contribution in [1.29, 1.82) is 0 Å². The van der Waals surface area contributed by atoms with Gasteiger partial charge in [0.1, 0.15) is 0 Å². The highest BCUT2D eigenvalue weighted by atomic mass is 16.5. The van der Waals surface area contributed by atoms with Gasteiger partial charge in [-0.05, 0) is 49.4 Å². The van der Waals surface area contributed by atoms with Crippen molar-refractivity contribution in [3.05, 3.63) is 0 Å². The molecule has 0 radical (unpaired) electrons. The molecular formula is C34H64O4. The summed E-state index contributed by atoms with van der Waals surface area (Å²) in [6.45, 7) is 14.5. The average molecular weight is 537 g/mol. The minimum absolute atomic E-state index is 0.0589. The van der Waals surface area contributed by atoms with Gasteiger partial charge in [-0.25, -0.2) is 0 Å². The molecule has 4 nitrogen and oxygen atoms in total. The molecule has 38 heavy (non-hydrogen) atoms. The first kappa shape index (κ1) is 35.0. The number of esters is 2. The SMILES string of the molecule is CCCCCCCCC(C)C(C)COC(=O)C1CCC(C(=O)OCC(C)C(C)CCCCCCCC)CC1. The zero-order valence-corrected chi connectivity index (χ0v) is 26.2. The minimum atomic E-state index is -0.0624. The number of rotatable bonds is 22. The van der Waals surface area contributed by atoms with Crippen LogP contribution in [0.5, 0.6) is 0 Å². The molecule has 0 heterocycles. The van der Waals surface area contributed by atoms with E-state index in [0.717, 1.165) is 25.7 Å². The predicted molar refractivity (Wildman–Crippen MR) is 160 cm³/mol. The third-order valence-electron chi connectivity index (χ3n) is 9.34. The van der Waals surface area contributed by atoms with Crippen LogP contribution in [-0.4, -0.2) is 25.2 Å². The van der Waals surface area contributed by atoms with Crippen LogP contribution < -0.4 is 0 Å². The van der Waals surface area contributed by atoms with Gasteiger partial charge in [-0.1, -0.05) is 131 Å². The van der Waals surface area contributed by atoms with E-state index in [9.17, 15) is 9.59 Å². The molecule has 0 amide bonds. The van der Waals surface area contributed by atoms with Crippen LogP contribution in [0.25, 0.3) is 0 Å². The molecule has 0 aliphatic heterocycles. The zero-order valence-electron chi connectivity index (χ0n) is 26.2. The summed E-state index contributed by atoms with van der Waals surface area (Å²) >= 11 is 0. The number of ether oxygens (including phenoxy) is 2. The van der Waals surface area contributed by atoms with E-state index in [1.165, 1.54) is 89.9 Å². The fourth-order valence-electron chi connectivity index (χ4n) is 5.62. The maximum atomic E-state index is 12.7. The normalized spacial score (nSPS) is 20.9. The van der Waals surface area contributed by atoms with Crippen molar-refractivity contribution in [1.82, 2.24) is 0 Å². The Morgan fingerprint density at radius 1 is 0.526 bits per heavy atom. The summed E-state index contributed by atoms with van der Waals surface area (Å²) in [5.41, 5.74) is 0. The number of carbonyl (C=O) groups is 2. The van der Waals surface area contributed by atoms with E-state index in [1.807, 2.05) is 0 Å². The Morgan fingerprint density at radius 2 is 0.842 bits per heavy atom. The lowest BCUT2D eigenvalue weighted by Crippen LogP contribution is -2.30. The van der Waals surface area contributed by atoms with Crippen LogP contribution in [0.1, 0.15) is 157 Å². The lowest BCUT2D eigenvalue weighted by atomic mass is 9.82. The van der Waals surface area contributed by atoms with Gasteiger partial charge in [0.25, 0.3) is 0 Å². The Kier molecular flexibility index (Phi) is 20.0. The molecule has 1 fully saturated rings.